The lowest BCUT2D eigenvalue weighted by molar-refractivity contribution is -0.118. The predicted molar refractivity (Wildman–Crippen MR) is 85.4 cm³/mol. The Morgan fingerprint density at radius 1 is 1.33 bits per heavy atom. The van der Waals surface area contributed by atoms with Crippen molar-refractivity contribution in [3.05, 3.63) is 29.8 Å². The number of rotatable bonds is 8. The Morgan fingerprint density at radius 3 is 2.57 bits per heavy atom. The highest BCUT2D eigenvalue weighted by molar-refractivity contribution is 5.92. The van der Waals surface area contributed by atoms with Crippen LogP contribution in [-0.4, -0.2) is 41.7 Å². The minimum Gasteiger partial charge on any atom is -0.396 e. The number of benzene rings is 1. The summed E-state index contributed by atoms with van der Waals surface area (Å²) in [7, 11) is 0. The van der Waals surface area contributed by atoms with Gasteiger partial charge in [-0.1, -0.05) is 25.5 Å². The van der Waals surface area contributed by atoms with E-state index in [0.29, 0.717) is 12.6 Å². The van der Waals surface area contributed by atoms with E-state index >= 15 is 0 Å². The fourth-order valence-corrected chi connectivity index (χ4v) is 2.63. The lowest BCUT2D eigenvalue weighted by Crippen LogP contribution is -2.45. The molecule has 0 spiro atoms. The van der Waals surface area contributed by atoms with E-state index in [4.69, 9.17) is 5.11 Å². The van der Waals surface area contributed by atoms with Gasteiger partial charge in [0, 0.05) is 24.9 Å². The monoisotopic (exact) mass is 290 g/mol. The molecule has 1 aliphatic carbocycles. The van der Waals surface area contributed by atoms with Crippen LogP contribution in [0.15, 0.2) is 24.3 Å². The summed E-state index contributed by atoms with van der Waals surface area (Å²) < 4.78 is 0. The molecule has 1 fully saturated rings. The lowest BCUT2D eigenvalue weighted by atomic mass is 9.91. The van der Waals surface area contributed by atoms with E-state index < -0.39 is 0 Å². The van der Waals surface area contributed by atoms with Crippen molar-refractivity contribution in [3.8, 4) is 0 Å². The number of carbonyl (C=O) groups is 1. The van der Waals surface area contributed by atoms with Gasteiger partial charge in [-0.3, -0.25) is 9.69 Å². The normalized spacial score (nSPS) is 15.0. The first-order valence-corrected chi connectivity index (χ1v) is 7.96. The average molecular weight is 290 g/mol. The van der Waals surface area contributed by atoms with E-state index in [1.807, 2.05) is 24.3 Å². The number of amides is 1. The van der Waals surface area contributed by atoms with Gasteiger partial charge >= 0.3 is 0 Å². The minimum absolute atomic E-state index is 0.0316. The number of aliphatic hydroxyl groups excluding tert-OH is 1. The molecule has 1 aromatic carbocycles. The zero-order valence-corrected chi connectivity index (χ0v) is 12.8. The molecule has 116 valence electrons. The van der Waals surface area contributed by atoms with Crippen LogP contribution in [0.4, 0.5) is 5.69 Å². The molecule has 1 saturated carbocycles. The third-order valence-corrected chi connectivity index (χ3v) is 4.19. The van der Waals surface area contributed by atoms with Gasteiger partial charge in [0.2, 0.25) is 5.91 Å². The van der Waals surface area contributed by atoms with Gasteiger partial charge in [-0.05, 0) is 43.4 Å². The zero-order valence-electron chi connectivity index (χ0n) is 12.8. The Kier molecular flexibility index (Phi) is 6.21. The van der Waals surface area contributed by atoms with Gasteiger partial charge in [0.05, 0.1) is 6.54 Å². The number of aryl methyl sites for hydroxylation is 1. The maximum absolute atomic E-state index is 12.2. The Hall–Kier alpha value is -1.39. The highest BCUT2D eigenvalue weighted by Crippen LogP contribution is 2.24. The number of hydrogen-bond acceptors (Lipinski definition) is 3. The van der Waals surface area contributed by atoms with Crippen molar-refractivity contribution < 1.29 is 9.90 Å². The van der Waals surface area contributed by atoms with Gasteiger partial charge in [-0.2, -0.15) is 0 Å². The Balaban J connectivity index is 1.85. The number of aliphatic hydroxyl groups is 1. The molecule has 0 aliphatic heterocycles. The molecule has 0 atom stereocenters. The van der Waals surface area contributed by atoms with Crippen LogP contribution < -0.4 is 5.32 Å². The summed E-state index contributed by atoms with van der Waals surface area (Å²) in [5.41, 5.74) is 2.12. The molecule has 1 amide bonds. The average Bonchev–Trinajstić information content (AvgIpc) is 2.43. The van der Waals surface area contributed by atoms with E-state index in [1.54, 1.807) is 0 Å². The third-order valence-electron chi connectivity index (χ3n) is 4.19. The molecule has 2 rings (SSSR count). The van der Waals surface area contributed by atoms with Crippen molar-refractivity contribution in [3.63, 3.8) is 0 Å². The van der Waals surface area contributed by atoms with Crippen molar-refractivity contribution in [2.45, 2.75) is 45.1 Å². The summed E-state index contributed by atoms with van der Waals surface area (Å²) in [5.74, 6) is 0.0316. The topological polar surface area (TPSA) is 52.6 Å². The van der Waals surface area contributed by atoms with Crippen molar-refractivity contribution in [2.24, 2.45) is 0 Å². The second kappa shape index (κ2) is 8.15. The summed E-state index contributed by atoms with van der Waals surface area (Å²) in [4.78, 5) is 14.4. The molecule has 0 unspecified atom stereocenters. The number of carbonyl (C=O) groups excluding carboxylic acids is 1. The van der Waals surface area contributed by atoms with E-state index in [2.05, 4.69) is 17.1 Å². The van der Waals surface area contributed by atoms with Crippen LogP contribution in [-0.2, 0) is 11.2 Å². The van der Waals surface area contributed by atoms with E-state index in [-0.39, 0.29) is 12.5 Å². The molecule has 0 aromatic heterocycles. The standard InChI is InChI=1S/C17H26N2O2/c1-2-14-7-9-15(10-8-14)18-17(21)13-19(11-4-12-20)16-5-3-6-16/h7-10,16,20H,2-6,11-13H2,1H3,(H,18,21). The fourth-order valence-electron chi connectivity index (χ4n) is 2.63. The number of anilines is 1. The molecule has 0 heterocycles. The van der Waals surface area contributed by atoms with Gasteiger partial charge in [0.1, 0.15) is 0 Å². The van der Waals surface area contributed by atoms with Crippen LogP contribution in [0.1, 0.15) is 38.2 Å². The maximum atomic E-state index is 12.2. The van der Waals surface area contributed by atoms with Crippen LogP contribution in [0.5, 0.6) is 0 Å². The minimum atomic E-state index is 0.0316. The van der Waals surface area contributed by atoms with E-state index in [0.717, 1.165) is 25.1 Å². The molecule has 0 saturated heterocycles. The first-order valence-electron chi connectivity index (χ1n) is 7.96. The van der Waals surface area contributed by atoms with E-state index in [1.165, 1.54) is 24.8 Å². The molecule has 4 nitrogen and oxygen atoms in total. The van der Waals surface area contributed by atoms with E-state index in [9.17, 15) is 4.79 Å². The first-order chi connectivity index (χ1) is 10.2. The Labute approximate surface area is 127 Å². The number of hydrogen-bond donors (Lipinski definition) is 2. The molecule has 0 radical (unpaired) electrons. The summed E-state index contributed by atoms with van der Waals surface area (Å²) in [6, 6.07) is 8.52. The van der Waals surface area contributed by atoms with Gasteiger partial charge in [0.25, 0.3) is 0 Å². The summed E-state index contributed by atoms with van der Waals surface area (Å²) >= 11 is 0. The number of nitrogens with one attached hydrogen (secondary N) is 1. The first kappa shape index (κ1) is 16.0. The Bertz CT molecular complexity index is 441. The van der Waals surface area contributed by atoms with Gasteiger partial charge in [0.15, 0.2) is 0 Å². The molecule has 1 aliphatic rings. The van der Waals surface area contributed by atoms with Crippen molar-refractivity contribution in [1.29, 1.82) is 0 Å². The van der Waals surface area contributed by atoms with Crippen molar-refractivity contribution in [1.82, 2.24) is 4.90 Å². The lowest BCUT2D eigenvalue weighted by Gasteiger charge is -2.37. The molecule has 1 aromatic rings. The SMILES string of the molecule is CCc1ccc(NC(=O)CN(CCCO)C2CCC2)cc1. The summed E-state index contributed by atoms with van der Waals surface area (Å²) in [6.45, 7) is 3.51. The highest BCUT2D eigenvalue weighted by atomic mass is 16.3. The maximum Gasteiger partial charge on any atom is 0.238 e. The zero-order chi connectivity index (χ0) is 15.1. The van der Waals surface area contributed by atoms with Crippen molar-refractivity contribution >= 4 is 11.6 Å². The van der Waals surface area contributed by atoms with Crippen LogP contribution in [0, 0.1) is 0 Å². The second-order valence-electron chi connectivity index (χ2n) is 5.73. The molecule has 2 N–H and O–H groups in total. The summed E-state index contributed by atoms with van der Waals surface area (Å²) in [6.07, 6.45) is 5.33. The molecule has 4 heteroatoms. The molecule has 0 bridgehead atoms. The van der Waals surface area contributed by atoms with Crippen LogP contribution in [0.3, 0.4) is 0 Å². The molecule has 21 heavy (non-hydrogen) atoms. The predicted octanol–water partition coefficient (Wildman–Crippen LogP) is 2.42. The number of nitrogens with zero attached hydrogens (tertiary/aromatic N) is 1. The van der Waals surface area contributed by atoms with Crippen LogP contribution in [0.2, 0.25) is 0 Å². The summed E-state index contributed by atoms with van der Waals surface area (Å²) in [5, 5.41) is 11.9. The van der Waals surface area contributed by atoms with Crippen molar-refractivity contribution in [2.75, 3.05) is 25.0 Å². The highest BCUT2D eigenvalue weighted by Gasteiger charge is 2.25. The van der Waals surface area contributed by atoms with Crippen LogP contribution >= 0.6 is 0 Å². The third kappa shape index (κ3) is 4.83. The second-order valence-corrected chi connectivity index (χ2v) is 5.73. The largest absolute Gasteiger partial charge is 0.396 e. The Morgan fingerprint density at radius 2 is 2.05 bits per heavy atom. The molecular weight excluding hydrogens is 264 g/mol. The van der Waals surface area contributed by atoms with Gasteiger partial charge < -0.3 is 10.4 Å². The fraction of sp³-hybridized carbons (Fsp3) is 0.588. The quantitative estimate of drug-likeness (QED) is 0.773. The molecular formula is C17H26N2O2. The van der Waals surface area contributed by atoms with Gasteiger partial charge in [-0.15, -0.1) is 0 Å². The smallest absolute Gasteiger partial charge is 0.238 e. The van der Waals surface area contributed by atoms with Crippen LogP contribution in [0.25, 0.3) is 0 Å². The van der Waals surface area contributed by atoms with Gasteiger partial charge in [-0.25, -0.2) is 0 Å².